The Kier molecular flexibility index (Phi) is 15.2. The molecule has 146 valence electrons. The second-order valence-electron chi connectivity index (χ2n) is 7.86. The van der Waals surface area contributed by atoms with E-state index in [9.17, 15) is 0 Å². The maximum atomic E-state index is 5.21. The molecule has 1 nitrogen and oxygen atoms in total. The van der Waals surface area contributed by atoms with Gasteiger partial charge in [-0.05, 0) is 32.1 Å². The van der Waals surface area contributed by atoms with Crippen LogP contribution in [0, 0.1) is 0 Å². The molecule has 1 aliphatic carbocycles. The molecule has 2 aliphatic rings. The first-order valence-corrected chi connectivity index (χ1v) is 11.3. The summed E-state index contributed by atoms with van der Waals surface area (Å²) in [6.07, 6.45) is 28.8. The molecule has 1 unspecified atom stereocenters. The molecule has 1 aliphatic heterocycles. The Labute approximate surface area is 158 Å². The number of allylic oxidation sites excluding steroid dienone is 3. The van der Waals surface area contributed by atoms with Gasteiger partial charge in [0.15, 0.2) is 0 Å². The summed E-state index contributed by atoms with van der Waals surface area (Å²) in [7, 11) is 0. The second kappa shape index (κ2) is 16.9. The standard InChI is InChI=1S/C16H32O.C8H12/c1-2-3-4-5-6-7-8-9-10-11-12-13-14-16-15-17-16;1-2-8-6-4-3-5-7-8/h16H,2-15H2,1H3;2,6H,1,3-5,7H2. The van der Waals surface area contributed by atoms with Crippen LogP contribution in [0.2, 0.25) is 0 Å². The number of rotatable bonds is 14. The van der Waals surface area contributed by atoms with E-state index in [1.807, 2.05) is 6.08 Å². The van der Waals surface area contributed by atoms with E-state index in [2.05, 4.69) is 19.6 Å². The highest BCUT2D eigenvalue weighted by Crippen LogP contribution is 2.18. The van der Waals surface area contributed by atoms with E-state index in [4.69, 9.17) is 4.74 Å². The molecule has 1 heterocycles. The van der Waals surface area contributed by atoms with Crippen molar-refractivity contribution in [2.45, 2.75) is 122 Å². The third-order valence-electron chi connectivity index (χ3n) is 5.37. The lowest BCUT2D eigenvalue weighted by molar-refractivity contribution is 0.387. The van der Waals surface area contributed by atoms with Crippen molar-refractivity contribution in [3.63, 3.8) is 0 Å². The quantitative estimate of drug-likeness (QED) is 0.228. The molecule has 0 bridgehead atoms. The third-order valence-corrected chi connectivity index (χ3v) is 5.37. The fourth-order valence-corrected chi connectivity index (χ4v) is 3.50. The van der Waals surface area contributed by atoms with Crippen molar-refractivity contribution >= 4 is 0 Å². The van der Waals surface area contributed by atoms with E-state index in [0.29, 0.717) is 6.10 Å². The van der Waals surface area contributed by atoms with Gasteiger partial charge in [-0.15, -0.1) is 0 Å². The zero-order chi connectivity index (χ0) is 18.0. The summed E-state index contributed by atoms with van der Waals surface area (Å²) in [5, 5.41) is 0. The summed E-state index contributed by atoms with van der Waals surface area (Å²) in [5.41, 5.74) is 1.44. The van der Waals surface area contributed by atoms with Crippen molar-refractivity contribution in [3.05, 3.63) is 24.3 Å². The number of unbranched alkanes of at least 4 members (excludes halogenated alkanes) is 11. The lowest BCUT2D eigenvalue weighted by Gasteiger charge is -2.06. The van der Waals surface area contributed by atoms with Crippen LogP contribution in [0.5, 0.6) is 0 Å². The fraction of sp³-hybridized carbons (Fsp3) is 0.833. The molecular weight excluding hydrogens is 304 g/mol. The summed E-state index contributed by atoms with van der Waals surface area (Å²) < 4.78 is 5.21. The first-order chi connectivity index (χ1) is 12.4. The van der Waals surface area contributed by atoms with Crippen LogP contribution < -0.4 is 0 Å². The minimum Gasteiger partial charge on any atom is -0.373 e. The second-order valence-corrected chi connectivity index (χ2v) is 7.86. The number of ether oxygens (including phenoxy) is 1. The molecule has 0 amide bonds. The highest BCUT2D eigenvalue weighted by atomic mass is 16.6. The fourth-order valence-electron chi connectivity index (χ4n) is 3.50. The van der Waals surface area contributed by atoms with Gasteiger partial charge >= 0.3 is 0 Å². The topological polar surface area (TPSA) is 12.5 Å². The minimum absolute atomic E-state index is 0.651. The molecule has 1 saturated heterocycles. The zero-order valence-corrected chi connectivity index (χ0v) is 17.1. The monoisotopic (exact) mass is 348 g/mol. The molecule has 0 spiro atoms. The summed E-state index contributed by atoms with van der Waals surface area (Å²) in [6.45, 7) is 7.04. The first-order valence-electron chi connectivity index (χ1n) is 11.3. The van der Waals surface area contributed by atoms with Crippen LogP contribution in [-0.4, -0.2) is 12.7 Å². The highest BCUT2D eigenvalue weighted by Gasteiger charge is 2.20. The van der Waals surface area contributed by atoms with Crippen LogP contribution in [0.25, 0.3) is 0 Å². The Hall–Kier alpha value is -0.560. The Balaban J connectivity index is 0.000000324. The molecule has 0 aromatic carbocycles. The molecule has 1 fully saturated rings. The molecule has 0 aromatic rings. The molecular formula is C24H44O. The van der Waals surface area contributed by atoms with Crippen molar-refractivity contribution in [1.82, 2.24) is 0 Å². The molecule has 0 aromatic heterocycles. The van der Waals surface area contributed by atoms with Gasteiger partial charge in [0.05, 0.1) is 12.7 Å². The third kappa shape index (κ3) is 15.4. The van der Waals surface area contributed by atoms with E-state index in [1.54, 1.807) is 0 Å². The molecule has 25 heavy (non-hydrogen) atoms. The van der Waals surface area contributed by atoms with Crippen molar-refractivity contribution in [2.75, 3.05) is 6.61 Å². The van der Waals surface area contributed by atoms with Gasteiger partial charge in [0.25, 0.3) is 0 Å². The average molecular weight is 349 g/mol. The highest BCUT2D eigenvalue weighted by molar-refractivity contribution is 5.17. The van der Waals surface area contributed by atoms with Gasteiger partial charge in [-0.25, -0.2) is 0 Å². The van der Waals surface area contributed by atoms with Crippen LogP contribution in [-0.2, 0) is 4.74 Å². The molecule has 2 rings (SSSR count). The largest absolute Gasteiger partial charge is 0.373 e. The SMILES string of the molecule is C=CC1=CCCCC1.CCCCCCCCCCCCCCC1CO1. The van der Waals surface area contributed by atoms with Crippen LogP contribution in [0.1, 0.15) is 116 Å². The number of epoxide rings is 1. The van der Waals surface area contributed by atoms with Crippen LogP contribution in [0.3, 0.4) is 0 Å². The van der Waals surface area contributed by atoms with Crippen molar-refractivity contribution in [1.29, 1.82) is 0 Å². The van der Waals surface area contributed by atoms with Crippen LogP contribution >= 0.6 is 0 Å². The van der Waals surface area contributed by atoms with Crippen LogP contribution in [0.15, 0.2) is 24.3 Å². The maximum absolute atomic E-state index is 5.21. The Morgan fingerprint density at radius 3 is 1.88 bits per heavy atom. The van der Waals surface area contributed by atoms with E-state index in [-0.39, 0.29) is 0 Å². The summed E-state index contributed by atoms with van der Waals surface area (Å²) >= 11 is 0. The lowest BCUT2D eigenvalue weighted by Crippen LogP contribution is -1.86. The predicted molar refractivity (Wildman–Crippen MR) is 112 cm³/mol. The van der Waals surface area contributed by atoms with Gasteiger partial charge in [-0.1, -0.05) is 108 Å². The minimum atomic E-state index is 0.651. The first kappa shape index (κ1) is 22.5. The lowest BCUT2D eigenvalue weighted by atomic mass is 10.0. The normalized spacial score (nSPS) is 18.9. The van der Waals surface area contributed by atoms with Gasteiger partial charge in [0, 0.05) is 0 Å². The Morgan fingerprint density at radius 2 is 1.48 bits per heavy atom. The zero-order valence-electron chi connectivity index (χ0n) is 17.1. The maximum Gasteiger partial charge on any atom is 0.0810 e. The molecule has 0 N–H and O–H groups in total. The smallest absolute Gasteiger partial charge is 0.0810 e. The van der Waals surface area contributed by atoms with E-state index >= 15 is 0 Å². The predicted octanol–water partition coefficient (Wildman–Crippen LogP) is 8.15. The summed E-state index contributed by atoms with van der Waals surface area (Å²) in [4.78, 5) is 0. The molecule has 1 atom stereocenters. The van der Waals surface area contributed by atoms with Gasteiger partial charge in [-0.3, -0.25) is 0 Å². The van der Waals surface area contributed by atoms with Crippen molar-refractivity contribution < 1.29 is 4.74 Å². The van der Waals surface area contributed by atoms with Gasteiger partial charge in [0.1, 0.15) is 0 Å². The van der Waals surface area contributed by atoms with Crippen LogP contribution in [0.4, 0.5) is 0 Å². The van der Waals surface area contributed by atoms with Crippen molar-refractivity contribution in [3.8, 4) is 0 Å². The van der Waals surface area contributed by atoms with Crippen molar-refractivity contribution in [2.24, 2.45) is 0 Å². The Morgan fingerprint density at radius 1 is 0.920 bits per heavy atom. The summed E-state index contributed by atoms with van der Waals surface area (Å²) in [5.74, 6) is 0. The van der Waals surface area contributed by atoms with E-state index < -0.39 is 0 Å². The molecule has 0 radical (unpaired) electrons. The molecule has 0 saturated carbocycles. The van der Waals surface area contributed by atoms with Gasteiger partial charge in [-0.2, -0.15) is 0 Å². The average Bonchev–Trinajstić information content (AvgIpc) is 3.48. The van der Waals surface area contributed by atoms with E-state index in [1.165, 1.54) is 115 Å². The Bertz CT molecular complexity index is 327. The number of hydrogen-bond acceptors (Lipinski definition) is 1. The molecule has 1 heteroatoms. The van der Waals surface area contributed by atoms with Gasteiger partial charge in [0.2, 0.25) is 0 Å². The summed E-state index contributed by atoms with van der Waals surface area (Å²) in [6, 6.07) is 0. The number of hydrogen-bond donors (Lipinski definition) is 0. The van der Waals surface area contributed by atoms with E-state index in [0.717, 1.165) is 6.61 Å². The van der Waals surface area contributed by atoms with Gasteiger partial charge < -0.3 is 4.74 Å².